The topological polar surface area (TPSA) is 85.1 Å². The number of hydrogen-bond acceptors (Lipinski definition) is 5. The van der Waals surface area contributed by atoms with Crippen LogP contribution in [-0.2, 0) is 10.0 Å². The van der Waals surface area contributed by atoms with E-state index < -0.39 is 16.1 Å². The minimum Gasteiger partial charge on any atom is -0.243 e. The van der Waals surface area contributed by atoms with Crippen molar-refractivity contribution in [3.8, 4) is 0 Å². The maximum atomic E-state index is 12.5. The Hall–Kier alpha value is -1.96. The SMILES string of the molecule is C[C@@H](NS(=O)(=O)c1cccc2nonc12)c1ccc(Cl)cc1. The second-order valence-electron chi connectivity index (χ2n) is 4.78. The molecule has 0 unspecified atom stereocenters. The number of nitrogens with zero attached hydrogens (tertiary/aromatic N) is 2. The zero-order valence-electron chi connectivity index (χ0n) is 11.5. The number of sulfonamides is 1. The van der Waals surface area contributed by atoms with Gasteiger partial charge in [-0.3, -0.25) is 0 Å². The number of benzene rings is 2. The quantitative estimate of drug-likeness (QED) is 0.791. The normalized spacial score (nSPS) is 13.4. The Morgan fingerprint density at radius 2 is 1.86 bits per heavy atom. The van der Waals surface area contributed by atoms with E-state index in [4.69, 9.17) is 11.6 Å². The Labute approximate surface area is 132 Å². The molecule has 2 aromatic carbocycles. The van der Waals surface area contributed by atoms with Crippen molar-refractivity contribution in [3.63, 3.8) is 0 Å². The van der Waals surface area contributed by atoms with E-state index in [0.717, 1.165) is 5.56 Å². The van der Waals surface area contributed by atoms with Crippen LogP contribution in [0.25, 0.3) is 11.0 Å². The molecule has 0 fully saturated rings. The lowest BCUT2D eigenvalue weighted by atomic mass is 10.1. The molecule has 3 aromatic rings. The summed E-state index contributed by atoms with van der Waals surface area (Å²) in [6, 6.07) is 11.2. The smallest absolute Gasteiger partial charge is 0.243 e. The van der Waals surface area contributed by atoms with Crippen LogP contribution in [0.1, 0.15) is 18.5 Å². The van der Waals surface area contributed by atoms with Crippen molar-refractivity contribution in [2.75, 3.05) is 0 Å². The van der Waals surface area contributed by atoms with Crippen molar-refractivity contribution in [1.29, 1.82) is 0 Å². The van der Waals surface area contributed by atoms with Crippen molar-refractivity contribution in [2.24, 2.45) is 0 Å². The predicted molar refractivity (Wildman–Crippen MR) is 82.0 cm³/mol. The molecule has 0 saturated carbocycles. The van der Waals surface area contributed by atoms with Gasteiger partial charge in [-0.15, -0.1) is 0 Å². The van der Waals surface area contributed by atoms with E-state index in [9.17, 15) is 8.42 Å². The van der Waals surface area contributed by atoms with Crippen LogP contribution in [-0.4, -0.2) is 18.7 Å². The molecule has 22 heavy (non-hydrogen) atoms. The highest BCUT2D eigenvalue weighted by Gasteiger charge is 2.22. The molecule has 1 heterocycles. The molecule has 1 N–H and O–H groups in total. The fraction of sp³-hybridized carbons (Fsp3) is 0.143. The van der Waals surface area contributed by atoms with E-state index in [0.29, 0.717) is 10.5 Å². The number of nitrogens with one attached hydrogen (secondary N) is 1. The first-order valence-electron chi connectivity index (χ1n) is 6.46. The lowest BCUT2D eigenvalue weighted by Gasteiger charge is -2.14. The zero-order valence-corrected chi connectivity index (χ0v) is 13.1. The highest BCUT2D eigenvalue weighted by molar-refractivity contribution is 7.89. The Balaban J connectivity index is 1.93. The minimum absolute atomic E-state index is 0.0343. The molecule has 114 valence electrons. The average Bonchev–Trinajstić information content (AvgIpc) is 2.95. The number of halogens is 1. The van der Waals surface area contributed by atoms with Crippen LogP contribution in [0.15, 0.2) is 52.0 Å². The van der Waals surface area contributed by atoms with E-state index in [2.05, 4.69) is 19.7 Å². The molecule has 0 amide bonds. The largest absolute Gasteiger partial charge is 0.243 e. The van der Waals surface area contributed by atoms with Crippen molar-refractivity contribution >= 4 is 32.7 Å². The maximum Gasteiger partial charge on any atom is 0.243 e. The van der Waals surface area contributed by atoms with Crippen LogP contribution in [0.4, 0.5) is 0 Å². The van der Waals surface area contributed by atoms with Crippen LogP contribution >= 0.6 is 11.6 Å². The summed E-state index contributed by atoms with van der Waals surface area (Å²) < 4.78 is 32.3. The summed E-state index contributed by atoms with van der Waals surface area (Å²) in [5, 5.41) is 7.90. The van der Waals surface area contributed by atoms with Crippen LogP contribution in [0.2, 0.25) is 5.02 Å². The first-order chi connectivity index (χ1) is 10.5. The Kier molecular flexibility index (Phi) is 3.86. The molecule has 1 aromatic heterocycles. The highest BCUT2D eigenvalue weighted by Crippen LogP contribution is 2.23. The number of fused-ring (bicyclic) bond motifs is 1. The van der Waals surface area contributed by atoms with E-state index >= 15 is 0 Å². The summed E-state index contributed by atoms with van der Waals surface area (Å²) in [6.07, 6.45) is 0. The van der Waals surface area contributed by atoms with Gasteiger partial charge in [-0.05, 0) is 47.1 Å². The second kappa shape index (κ2) is 5.68. The second-order valence-corrected chi connectivity index (χ2v) is 6.90. The lowest BCUT2D eigenvalue weighted by molar-refractivity contribution is 0.315. The Bertz CT molecular complexity index is 906. The van der Waals surface area contributed by atoms with Crippen molar-refractivity contribution < 1.29 is 13.0 Å². The summed E-state index contributed by atoms with van der Waals surface area (Å²) in [5.41, 5.74) is 1.40. The minimum atomic E-state index is -3.76. The lowest BCUT2D eigenvalue weighted by Crippen LogP contribution is -2.27. The van der Waals surface area contributed by atoms with E-state index in [1.165, 1.54) is 6.07 Å². The van der Waals surface area contributed by atoms with Gasteiger partial charge in [0.25, 0.3) is 0 Å². The van der Waals surface area contributed by atoms with Crippen LogP contribution in [0, 0.1) is 0 Å². The summed E-state index contributed by atoms with van der Waals surface area (Å²) in [7, 11) is -3.76. The van der Waals surface area contributed by atoms with Crippen molar-refractivity contribution in [2.45, 2.75) is 17.9 Å². The fourth-order valence-corrected chi connectivity index (χ4v) is 3.62. The van der Waals surface area contributed by atoms with Crippen LogP contribution in [0.5, 0.6) is 0 Å². The van der Waals surface area contributed by atoms with E-state index in [-0.39, 0.29) is 10.4 Å². The third kappa shape index (κ3) is 2.83. The van der Waals surface area contributed by atoms with Gasteiger partial charge in [0.15, 0.2) is 5.52 Å². The zero-order chi connectivity index (χ0) is 15.7. The van der Waals surface area contributed by atoms with Crippen molar-refractivity contribution in [3.05, 3.63) is 53.1 Å². The molecule has 0 bridgehead atoms. The standard InChI is InChI=1S/C14H12ClN3O3S/c1-9(10-5-7-11(15)8-6-10)18-22(19,20)13-4-2-3-12-14(13)17-21-16-12/h2-9,18H,1H3/t9-/m1/s1. The van der Waals surface area contributed by atoms with Gasteiger partial charge in [0.1, 0.15) is 10.4 Å². The third-order valence-electron chi connectivity index (χ3n) is 3.24. The molecule has 8 heteroatoms. The molecule has 6 nitrogen and oxygen atoms in total. The monoisotopic (exact) mass is 337 g/mol. The van der Waals surface area contributed by atoms with Crippen LogP contribution in [0.3, 0.4) is 0 Å². The van der Waals surface area contributed by atoms with E-state index in [1.54, 1.807) is 43.3 Å². The molecule has 0 aliphatic carbocycles. The molecule has 3 rings (SSSR count). The molecule has 1 atom stereocenters. The molecule has 0 aliphatic heterocycles. The van der Waals surface area contributed by atoms with Gasteiger partial charge >= 0.3 is 0 Å². The van der Waals surface area contributed by atoms with Gasteiger partial charge in [-0.25, -0.2) is 17.8 Å². The van der Waals surface area contributed by atoms with Gasteiger partial charge in [0.05, 0.1) is 0 Å². The van der Waals surface area contributed by atoms with Crippen LogP contribution < -0.4 is 4.72 Å². The van der Waals surface area contributed by atoms with E-state index in [1.807, 2.05) is 0 Å². The van der Waals surface area contributed by atoms with Gasteiger partial charge in [0.2, 0.25) is 10.0 Å². The molecular weight excluding hydrogens is 326 g/mol. The maximum absolute atomic E-state index is 12.5. The third-order valence-corrected chi connectivity index (χ3v) is 5.06. The molecule has 0 radical (unpaired) electrons. The first-order valence-corrected chi connectivity index (χ1v) is 8.32. The van der Waals surface area contributed by atoms with Gasteiger partial charge in [0, 0.05) is 11.1 Å². The summed E-state index contributed by atoms with van der Waals surface area (Å²) in [6.45, 7) is 1.75. The summed E-state index contributed by atoms with van der Waals surface area (Å²) in [5.74, 6) is 0. The molecule has 0 saturated heterocycles. The summed E-state index contributed by atoms with van der Waals surface area (Å²) in [4.78, 5) is 0.0343. The van der Waals surface area contributed by atoms with Gasteiger partial charge < -0.3 is 0 Å². The predicted octanol–water partition coefficient (Wildman–Crippen LogP) is 2.92. The molecule has 0 spiro atoms. The molecular formula is C14H12ClN3O3S. The fourth-order valence-electron chi connectivity index (χ4n) is 2.11. The Morgan fingerprint density at radius 3 is 2.59 bits per heavy atom. The summed E-state index contributed by atoms with van der Waals surface area (Å²) >= 11 is 5.83. The number of hydrogen-bond donors (Lipinski definition) is 1. The molecule has 0 aliphatic rings. The Morgan fingerprint density at radius 1 is 1.14 bits per heavy atom. The van der Waals surface area contributed by atoms with Gasteiger partial charge in [-0.2, -0.15) is 0 Å². The number of aromatic nitrogens is 2. The average molecular weight is 338 g/mol. The number of rotatable bonds is 4. The van der Waals surface area contributed by atoms with Crippen molar-refractivity contribution in [1.82, 2.24) is 15.0 Å². The highest BCUT2D eigenvalue weighted by atomic mass is 35.5. The van der Waals surface area contributed by atoms with Gasteiger partial charge in [-0.1, -0.05) is 29.8 Å². The first kappa shape index (κ1) is 15.0.